The molecule has 0 spiro atoms. The highest BCUT2D eigenvalue weighted by Crippen LogP contribution is 2.28. The topological polar surface area (TPSA) is 106 Å². The number of amides is 1. The lowest BCUT2D eigenvalue weighted by atomic mass is 9.82. The molecule has 2 rings (SSSR count). The van der Waals surface area contributed by atoms with Gasteiger partial charge in [-0.3, -0.25) is 4.79 Å². The number of aromatic carboxylic acids is 1. The van der Waals surface area contributed by atoms with E-state index >= 15 is 0 Å². The van der Waals surface area contributed by atoms with Gasteiger partial charge in [-0.15, -0.1) is 6.58 Å². The fourth-order valence-corrected chi connectivity index (χ4v) is 3.13. The summed E-state index contributed by atoms with van der Waals surface area (Å²) in [7, 11) is 0. The molecule has 0 aliphatic heterocycles. The molecule has 2 aromatic rings. The summed E-state index contributed by atoms with van der Waals surface area (Å²) >= 11 is 1.97. The van der Waals surface area contributed by atoms with E-state index in [2.05, 4.69) is 6.58 Å². The van der Waals surface area contributed by atoms with Crippen LogP contribution in [0.25, 0.3) is 0 Å². The van der Waals surface area contributed by atoms with Crippen LogP contribution < -0.4 is 11.5 Å². The van der Waals surface area contributed by atoms with Crippen LogP contribution in [-0.4, -0.2) is 17.0 Å². The second kappa shape index (κ2) is 7.14. The van der Waals surface area contributed by atoms with E-state index in [4.69, 9.17) is 11.5 Å². The molecular formula is C18H17IN2O3. The average Bonchev–Trinajstić information content (AvgIpc) is 2.56. The van der Waals surface area contributed by atoms with Crippen molar-refractivity contribution in [1.82, 2.24) is 0 Å². The Morgan fingerprint density at radius 3 is 2.46 bits per heavy atom. The van der Waals surface area contributed by atoms with Crippen molar-refractivity contribution >= 4 is 34.5 Å². The standard InChI is InChI=1S/C18H17IN2O3/c1-2-18(21,14-6-4-3-5-12(14)16(20)22)10-11-7-8-15(19)13(9-11)17(23)24/h2-9H,1,10,21H2,(H2,20,22)(H,23,24). The first-order valence-corrected chi connectivity index (χ1v) is 8.20. The number of carboxylic acid groups (broad SMARTS) is 1. The van der Waals surface area contributed by atoms with Crippen LogP contribution in [0.1, 0.15) is 31.8 Å². The van der Waals surface area contributed by atoms with Gasteiger partial charge < -0.3 is 16.6 Å². The molecule has 24 heavy (non-hydrogen) atoms. The van der Waals surface area contributed by atoms with Crippen molar-refractivity contribution < 1.29 is 14.7 Å². The molecule has 124 valence electrons. The first kappa shape index (κ1) is 18.2. The summed E-state index contributed by atoms with van der Waals surface area (Å²) in [4.78, 5) is 23.0. The number of carbonyl (C=O) groups is 2. The van der Waals surface area contributed by atoms with E-state index in [1.54, 1.807) is 42.5 Å². The smallest absolute Gasteiger partial charge is 0.336 e. The van der Waals surface area contributed by atoms with Gasteiger partial charge in [0.05, 0.1) is 11.1 Å². The molecule has 5 nitrogen and oxygen atoms in total. The number of nitrogens with two attached hydrogens (primary N) is 2. The Kier molecular flexibility index (Phi) is 5.40. The normalized spacial score (nSPS) is 13.1. The van der Waals surface area contributed by atoms with Crippen LogP contribution in [0.15, 0.2) is 55.1 Å². The van der Waals surface area contributed by atoms with Gasteiger partial charge in [-0.25, -0.2) is 4.79 Å². The molecule has 0 heterocycles. The van der Waals surface area contributed by atoms with Crippen molar-refractivity contribution in [2.75, 3.05) is 0 Å². The quantitative estimate of drug-likeness (QED) is 0.478. The lowest BCUT2D eigenvalue weighted by molar-refractivity contribution is 0.0695. The van der Waals surface area contributed by atoms with E-state index in [1.807, 2.05) is 28.7 Å². The maximum atomic E-state index is 11.7. The average molecular weight is 436 g/mol. The van der Waals surface area contributed by atoms with E-state index in [9.17, 15) is 14.7 Å². The summed E-state index contributed by atoms with van der Waals surface area (Å²) in [5.41, 5.74) is 12.7. The van der Waals surface area contributed by atoms with Gasteiger partial charge in [-0.2, -0.15) is 0 Å². The molecule has 0 saturated heterocycles. The maximum Gasteiger partial charge on any atom is 0.336 e. The Labute approximate surface area is 153 Å². The van der Waals surface area contributed by atoms with Gasteiger partial charge in [0, 0.05) is 9.13 Å². The van der Waals surface area contributed by atoms with Crippen LogP contribution in [-0.2, 0) is 12.0 Å². The number of benzene rings is 2. The van der Waals surface area contributed by atoms with Crippen LogP contribution in [0.3, 0.4) is 0 Å². The number of carbonyl (C=O) groups excluding carboxylic acids is 1. The van der Waals surface area contributed by atoms with Gasteiger partial charge >= 0.3 is 5.97 Å². The van der Waals surface area contributed by atoms with Gasteiger partial charge in [0.15, 0.2) is 0 Å². The van der Waals surface area contributed by atoms with Gasteiger partial charge in [0.1, 0.15) is 0 Å². The minimum absolute atomic E-state index is 0.211. The van der Waals surface area contributed by atoms with Gasteiger partial charge in [-0.1, -0.05) is 30.3 Å². The molecule has 0 aliphatic carbocycles. The van der Waals surface area contributed by atoms with Crippen molar-refractivity contribution in [2.24, 2.45) is 11.5 Å². The fraction of sp³-hybridized carbons (Fsp3) is 0.111. The van der Waals surface area contributed by atoms with E-state index < -0.39 is 17.4 Å². The summed E-state index contributed by atoms with van der Waals surface area (Å²) in [6.45, 7) is 3.79. The molecule has 0 fully saturated rings. The lowest BCUT2D eigenvalue weighted by Gasteiger charge is -2.28. The van der Waals surface area contributed by atoms with Crippen molar-refractivity contribution in [1.29, 1.82) is 0 Å². The predicted octanol–water partition coefficient (Wildman–Crippen LogP) is 2.67. The van der Waals surface area contributed by atoms with Crippen LogP contribution in [0.5, 0.6) is 0 Å². The highest BCUT2D eigenvalue weighted by molar-refractivity contribution is 14.1. The summed E-state index contributed by atoms with van der Waals surface area (Å²) in [6.07, 6.45) is 1.84. The molecule has 0 bridgehead atoms. The van der Waals surface area contributed by atoms with Crippen molar-refractivity contribution in [3.8, 4) is 0 Å². The summed E-state index contributed by atoms with van der Waals surface area (Å²) in [5.74, 6) is -1.57. The molecule has 0 radical (unpaired) electrons. The second-order valence-corrected chi connectivity index (χ2v) is 6.61. The molecule has 1 amide bonds. The maximum absolute atomic E-state index is 11.7. The number of primary amides is 1. The zero-order valence-electron chi connectivity index (χ0n) is 12.8. The molecule has 5 N–H and O–H groups in total. The van der Waals surface area contributed by atoms with Crippen LogP contribution in [0.2, 0.25) is 0 Å². The fourth-order valence-electron chi connectivity index (χ4n) is 2.57. The molecule has 2 aromatic carbocycles. The third-order valence-electron chi connectivity index (χ3n) is 3.82. The molecular weight excluding hydrogens is 419 g/mol. The number of hydrogen-bond acceptors (Lipinski definition) is 3. The van der Waals surface area contributed by atoms with Crippen molar-refractivity contribution in [2.45, 2.75) is 12.0 Å². The van der Waals surface area contributed by atoms with E-state index in [-0.39, 0.29) is 12.0 Å². The Balaban J connectivity index is 2.49. The molecule has 1 unspecified atom stereocenters. The zero-order chi connectivity index (χ0) is 17.9. The zero-order valence-corrected chi connectivity index (χ0v) is 15.0. The number of hydrogen-bond donors (Lipinski definition) is 3. The summed E-state index contributed by atoms with van der Waals surface area (Å²) < 4.78 is 0.641. The third kappa shape index (κ3) is 3.65. The third-order valence-corrected chi connectivity index (χ3v) is 4.76. The van der Waals surface area contributed by atoms with E-state index in [0.717, 1.165) is 5.56 Å². The molecule has 0 saturated carbocycles. The van der Waals surface area contributed by atoms with Gasteiger partial charge in [0.2, 0.25) is 5.91 Å². The molecule has 1 atom stereocenters. The van der Waals surface area contributed by atoms with Gasteiger partial charge in [-0.05, 0) is 58.3 Å². The molecule has 0 aliphatic rings. The lowest BCUT2D eigenvalue weighted by Crippen LogP contribution is -2.39. The van der Waals surface area contributed by atoms with Gasteiger partial charge in [0.25, 0.3) is 0 Å². The van der Waals surface area contributed by atoms with Crippen LogP contribution in [0, 0.1) is 3.57 Å². The van der Waals surface area contributed by atoms with E-state index in [1.165, 1.54) is 0 Å². The minimum atomic E-state index is -1.05. The Hall–Kier alpha value is -2.19. The SMILES string of the molecule is C=CC(N)(Cc1ccc(I)c(C(=O)O)c1)c1ccccc1C(N)=O. The largest absolute Gasteiger partial charge is 0.478 e. The second-order valence-electron chi connectivity index (χ2n) is 5.45. The first-order chi connectivity index (χ1) is 11.3. The minimum Gasteiger partial charge on any atom is -0.478 e. The Bertz CT molecular complexity index is 820. The Morgan fingerprint density at radius 1 is 1.21 bits per heavy atom. The Morgan fingerprint density at radius 2 is 1.88 bits per heavy atom. The first-order valence-electron chi connectivity index (χ1n) is 7.12. The monoisotopic (exact) mass is 436 g/mol. The van der Waals surface area contributed by atoms with E-state index in [0.29, 0.717) is 14.7 Å². The molecule has 0 aromatic heterocycles. The highest BCUT2D eigenvalue weighted by atomic mass is 127. The van der Waals surface area contributed by atoms with Crippen molar-refractivity contribution in [3.63, 3.8) is 0 Å². The molecule has 6 heteroatoms. The number of rotatable bonds is 6. The summed E-state index contributed by atoms with van der Waals surface area (Å²) in [6, 6.07) is 11.9. The van der Waals surface area contributed by atoms with Crippen LogP contribution >= 0.6 is 22.6 Å². The number of halogens is 1. The number of carboxylic acids is 1. The summed E-state index contributed by atoms with van der Waals surface area (Å²) in [5, 5.41) is 9.26. The highest BCUT2D eigenvalue weighted by Gasteiger charge is 2.28. The van der Waals surface area contributed by atoms with Crippen LogP contribution in [0.4, 0.5) is 0 Å². The predicted molar refractivity (Wildman–Crippen MR) is 101 cm³/mol. The van der Waals surface area contributed by atoms with Crippen molar-refractivity contribution in [3.05, 3.63) is 80.9 Å².